The van der Waals surface area contributed by atoms with Crippen LogP contribution in [0.2, 0.25) is 10.0 Å². The second-order valence-electron chi connectivity index (χ2n) is 8.07. The van der Waals surface area contributed by atoms with Crippen LogP contribution in [0, 0.1) is 0 Å². The number of carbonyl (C=O) groups excluding carboxylic acids is 2. The summed E-state index contributed by atoms with van der Waals surface area (Å²) in [6.45, 7) is 0. The van der Waals surface area contributed by atoms with Gasteiger partial charge in [0, 0.05) is 26.3 Å². The van der Waals surface area contributed by atoms with Crippen LogP contribution in [0.3, 0.4) is 0 Å². The van der Waals surface area contributed by atoms with Gasteiger partial charge in [-0.3, -0.25) is 9.59 Å². The van der Waals surface area contributed by atoms with E-state index in [4.69, 9.17) is 32.7 Å². The van der Waals surface area contributed by atoms with Crippen molar-refractivity contribution in [2.75, 3.05) is 24.9 Å². The van der Waals surface area contributed by atoms with Crippen molar-refractivity contribution >= 4 is 58.2 Å². The first-order chi connectivity index (χ1) is 18.4. The largest absolute Gasteiger partial charge is 0.496 e. The van der Waals surface area contributed by atoms with Gasteiger partial charge in [-0.25, -0.2) is 0 Å². The van der Waals surface area contributed by atoms with Gasteiger partial charge in [0.25, 0.3) is 5.91 Å². The molecule has 0 saturated heterocycles. The van der Waals surface area contributed by atoms with Gasteiger partial charge in [0.15, 0.2) is 0 Å². The van der Waals surface area contributed by atoms with E-state index < -0.39 is 5.25 Å². The molecule has 38 heavy (non-hydrogen) atoms. The molecular weight excluding hydrogens is 543 g/mol. The molecule has 194 valence electrons. The van der Waals surface area contributed by atoms with Crippen molar-refractivity contribution in [3.05, 3.63) is 112 Å². The van der Waals surface area contributed by atoms with Gasteiger partial charge in [-0.1, -0.05) is 59.6 Å². The van der Waals surface area contributed by atoms with E-state index in [9.17, 15) is 9.59 Å². The SMILES string of the molecule is COc1cccc(OC)c1C(=O)Nc1ccc(SC(C(=O)Nc2cc(Cl)cc(Cl)c2)c2ccccc2)cc1. The summed E-state index contributed by atoms with van der Waals surface area (Å²) in [4.78, 5) is 27.2. The Bertz CT molecular complexity index is 1390. The highest BCUT2D eigenvalue weighted by molar-refractivity contribution is 8.00. The van der Waals surface area contributed by atoms with Crippen molar-refractivity contribution < 1.29 is 19.1 Å². The molecule has 1 atom stereocenters. The lowest BCUT2D eigenvalue weighted by Crippen LogP contribution is -2.19. The van der Waals surface area contributed by atoms with Crippen molar-refractivity contribution in [2.45, 2.75) is 10.1 Å². The quantitative estimate of drug-likeness (QED) is 0.203. The number of amides is 2. The molecule has 0 heterocycles. The number of methoxy groups -OCH3 is 2. The van der Waals surface area contributed by atoms with Crippen LogP contribution < -0.4 is 20.1 Å². The van der Waals surface area contributed by atoms with Gasteiger partial charge in [-0.05, 0) is 60.2 Å². The van der Waals surface area contributed by atoms with Crippen molar-refractivity contribution in [3.8, 4) is 11.5 Å². The van der Waals surface area contributed by atoms with Crippen molar-refractivity contribution in [1.29, 1.82) is 0 Å². The number of thioether (sulfide) groups is 1. The van der Waals surface area contributed by atoms with Crippen LogP contribution in [0.1, 0.15) is 21.2 Å². The summed E-state index contributed by atoms with van der Waals surface area (Å²) in [7, 11) is 3.00. The van der Waals surface area contributed by atoms with Crippen LogP contribution in [0.4, 0.5) is 11.4 Å². The topological polar surface area (TPSA) is 76.7 Å². The Morgan fingerprint density at radius 3 is 1.92 bits per heavy atom. The third kappa shape index (κ3) is 6.81. The van der Waals surface area contributed by atoms with Crippen LogP contribution in [0.5, 0.6) is 11.5 Å². The van der Waals surface area contributed by atoms with E-state index in [1.54, 1.807) is 48.5 Å². The summed E-state index contributed by atoms with van der Waals surface area (Å²) in [5.74, 6) is 0.236. The third-order valence-corrected chi connectivity index (χ3v) is 7.19. The smallest absolute Gasteiger partial charge is 0.263 e. The Morgan fingerprint density at radius 2 is 1.34 bits per heavy atom. The lowest BCUT2D eigenvalue weighted by molar-refractivity contribution is -0.115. The molecule has 0 aromatic heterocycles. The molecule has 0 fully saturated rings. The molecule has 4 rings (SSSR count). The van der Waals surface area contributed by atoms with Crippen LogP contribution in [0.25, 0.3) is 0 Å². The van der Waals surface area contributed by atoms with E-state index in [-0.39, 0.29) is 11.8 Å². The Kier molecular flexibility index (Phi) is 9.18. The normalized spacial score (nSPS) is 11.4. The molecule has 0 aliphatic heterocycles. The number of carbonyl (C=O) groups is 2. The molecule has 2 N–H and O–H groups in total. The zero-order valence-electron chi connectivity index (χ0n) is 20.5. The fourth-order valence-corrected chi connectivity index (χ4v) is 5.31. The fraction of sp³-hybridized carbons (Fsp3) is 0.103. The molecule has 0 spiro atoms. The van der Waals surface area contributed by atoms with Gasteiger partial charge in [0.2, 0.25) is 5.91 Å². The summed E-state index contributed by atoms with van der Waals surface area (Å²) in [6.07, 6.45) is 0. The summed E-state index contributed by atoms with van der Waals surface area (Å²) in [5.41, 5.74) is 2.24. The van der Waals surface area contributed by atoms with Gasteiger partial charge >= 0.3 is 0 Å². The second-order valence-corrected chi connectivity index (χ2v) is 10.1. The van der Waals surface area contributed by atoms with E-state index in [0.29, 0.717) is 38.5 Å². The van der Waals surface area contributed by atoms with E-state index in [0.717, 1.165) is 10.5 Å². The van der Waals surface area contributed by atoms with Crippen LogP contribution in [0.15, 0.2) is 95.9 Å². The molecule has 0 aliphatic rings. The maximum Gasteiger partial charge on any atom is 0.263 e. The van der Waals surface area contributed by atoms with Gasteiger partial charge in [-0.2, -0.15) is 0 Å². The lowest BCUT2D eigenvalue weighted by atomic mass is 10.1. The standard InChI is InChI=1S/C29H24Cl2N2O4S/c1-36-24-9-6-10-25(37-2)26(24)28(34)32-21-11-13-23(14-12-21)38-27(18-7-4-3-5-8-18)29(35)33-22-16-19(30)15-20(31)17-22/h3-17,27H,1-2H3,(H,32,34)(H,33,35). The minimum Gasteiger partial charge on any atom is -0.496 e. The van der Waals surface area contributed by atoms with E-state index >= 15 is 0 Å². The highest BCUT2D eigenvalue weighted by Crippen LogP contribution is 2.37. The third-order valence-electron chi connectivity index (χ3n) is 5.49. The maximum absolute atomic E-state index is 13.3. The van der Waals surface area contributed by atoms with E-state index in [1.807, 2.05) is 42.5 Å². The molecule has 1 unspecified atom stereocenters. The average Bonchev–Trinajstić information content (AvgIpc) is 2.91. The number of nitrogens with one attached hydrogen (secondary N) is 2. The van der Waals surface area contributed by atoms with Crippen molar-refractivity contribution in [2.24, 2.45) is 0 Å². The first-order valence-electron chi connectivity index (χ1n) is 11.5. The Morgan fingerprint density at radius 1 is 0.737 bits per heavy atom. The van der Waals surface area contributed by atoms with Gasteiger partial charge in [0.05, 0.1) is 14.2 Å². The second kappa shape index (κ2) is 12.7. The molecule has 4 aromatic rings. The highest BCUT2D eigenvalue weighted by Gasteiger charge is 2.23. The number of hydrogen-bond donors (Lipinski definition) is 2. The lowest BCUT2D eigenvalue weighted by Gasteiger charge is -2.18. The maximum atomic E-state index is 13.3. The van der Waals surface area contributed by atoms with Crippen LogP contribution >= 0.6 is 35.0 Å². The average molecular weight is 567 g/mol. The zero-order chi connectivity index (χ0) is 27.1. The number of hydrogen-bond acceptors (Lipinski definition) is 5. The molecule has 0 bridgehead atoms. The molecule has 9 heteroatoms. The number of ether oxygens (including phenoxy) is 2. The monoisotopic (exact) mass is 566 g/mol. The summed E-state index contributed by atoms with van der Waals surface area (Å²) in [6, 6.07) is 26.8. The molecule has 2 amide bonds. The number of halogens is 2. The zero-order valence-corrected chi connectivity index (χ0v) is 22.9. The Balaban J connectivity index is 1.52. The Hall–Kier alpha value is -3.65. The Labute approximate surface area is 235 Å². The predicted octanol–water partition coefficient (Wildman–Crippen LogP) is 7.74. The number of anilines is 2. The van der Waals surface area contributed by atoms with Crippen molar-refractivity contribution in [3.63, 3.8) is 0 Å². The molecule has 4 aromatic carbocycles. The number of rotatable bonds is 9. The molecule has 6 nitrogen and oxygen atoms in total. The van der Waals surface area contributed by atoms with E-state index in [1.165, 1.54) is 26.0 Å². The predicted molar refractivity (Wildman–Crippen MR) is 154 cm³/mol. The highest BCUT2D eigenvalue weighted by atomic mass is 35.5. The van der Waals surface area contributed by atoms with Gasteiger partial charge < -0.3 is 20.1 Å². The minimum absolute atomic E-state index is 0.222. The first kappa shape index (κ1) is 27.4. The van der Waals surface area contributed by atoms with Crippen LogP contribution in [-0.4, -0.2) is 26.0 Å². The van der Waals surface area contributed by atoms with Crippen molar-refractivity contribution in [1.82, 2.24) is 0 Å². The van der Waals surface area contributed by atoms with E-state index in [2.05, 4.69) is 10.6 Å². The summed E-state index contributed by atoms with van der Waals surface area (Å²) in [5, 5.41) is 6.10. The van der Waals surface area contributed by atoms with Crippen LogP contribution in [-0.2, 0) is 4.79 Å². The molecule has 0 aliphatic carbocycles. The molecule has 0 radical (unpaired) electrons. The molecular formula is C29H24Cl2N2O4S. The number of benzene rings is 4. The fourth-order valence-electron chi connectivity index (χ4n) is 3.76. The summed E-state index contributed by atoms with van der Waals surface area (Å²) < 4.78 is 10.7. The molecule has 0 saturated carbocycles. The minimum atomic E-state index is -0.549. The first-order valence-corrected chi connectivity index (χ1v) is 13.1. The van der Waals surface area contributed by atoms with Gasteiger partial charge in [0.1, 0.15) is 22.3 Å². The summed E-state index contributed by atoms with van der Waals surface area (Å²) >= 11 is 13.6. The van der Waals surface area contributed by atoms with Gasteiger partial charge in [-0.15, -0.1) is 11.8 Å².